The van der Waals surface area contributed by atoms with E-state index in [1.807, 2.05) is 0 Å². The van der Waals surface area contributed by atoms with E-state index in [1.165, 1.54) is 87.3 Å². The molecule has 0 unspecified atom stereocenters. The molecular weight excluding hydrogens is 324 g/mol. The summed E-state index contributed by atoms with van der Waals surface area (Å²) in [6.45, 7) is 0. The Bertz CT molecular complexity index is 812. The van der Waals surface area contributed by atoms with Crippen molar-refractivity contribution in [1.82, 2.24) is 0 Å². The fraction of sp³-hybridized carbons (Fsp3) is 0.481. The second-order valence-corrected chi connectivity index (χ2v) is 9.07. The fourth-order valence-corrected chi connectivity index (χ4v) is 5.75. The van der Waals surface area contributed by atoms with Crippen LogP contribution in [0.15, 0.2) is 48.0 Å². The van der Waals surface area contributed by atoms with Crippen LogP contribution in [0.3, 0.4) is 0 Å². The molecule has 27 heavy (non-hydrogen) atoms. The molecule has 0 bridgehead atoms. The molecule has 2 saturated carbocycles. The first kappa shape index (κ1) is 17.3. The maximum absolute atomic E-state index is 2.55. The summed E-state index contributed by atoms with van der Waals surface area (Å²) in [7, 11) is 0. The molecule has 2 fully saturated rings. The number of benzene rings is 2. The zero-order chi connectivity index (χ0) is 18.1. The van der Waals surface area contributed by atoms with Gasteiger partial charge >= 0.3 is 0 Å². The van der Waals surface area contributed by atoms with Gasteiger partial charge in [-0.05, 0) is 71.8 Å². The highest BCUT2D eigenvalue weighted by molar-refractivity contribution is 5.81. The monoisotopic (exact) mass is 356 g/mol. The smallest absolute Gasteiger partial charge is 0.00548 e. The van der Waals surface area contributed by atoms with E-state index in [1.54, 1.807) is 16.7 Å². The molecular formula is C27H32. The second-order valence-electron chi connectivity index (χ2n) is 9.07. The Balaban J connectivity index is 1.41. The lowest BCUT2D eigenvalue weighted by Crippen LogP contribution is -2.08. The molecule has 0 saturated heterocycles. The van der Waals surface area contributed by atoms with Gasteiger partial charge in [0.1, 0.15) is 0 Å². The minimum atomic E-state index is 0.798. The lowest BCUT2D eigenvalue weighted by atomic mass is 9.83. The maximum atomic E-state index is 2.55. The van der Waals surface area contributed by atoms with Crippen LogP contribution in [0.5, 0.6) is 0 Å². The largest absolute Gasteiger partial charge is 0.0621 e. The van der Waals surface area contributed by atoms with Gasteiger partial charge in [-0.25, -0.2) is 0 Å². The standard InChI is InChI=1S/C27H32/c1-3-8-20(9-4-1)22-14-16-23(17-15-22)26-13-7-12-24-18-25(19-27(24)26)21-10-5-2-6-11-21/h7,12-17,19-21H,1-6,8-11,18H2. The topological polar surface area (TPSA) is 0 Å². The highest BCUT2D eigenvalue weighted by Gasteiger charge is 2.24. The first-order chi connectivity index (χ1) is 13.4. The van der Waals surface area contributed by atoms with Gasteiger partial charge in [-0.1, -0.05) is 92.6 Å². The molecule has 140 valence electrons. The Labute approximate surface area is 164 Å². The van der Waals surface area contributed by atoms with Gasteiger partial charge in [-0.2, -0.15) is 0 Å². The SMILES string of the molecule is C1=C(C2CCCCC2)Cc2cccc(-c3ccc(C4CCCCC4)cc3)c21. The molecule has 2 aromatic rings. The van der Waals surface area contributed by atoms with Crippen LogP contribution >= 0.6 is 0 Å². The van der Waals surface area contributed by atoms with Crippen molar-refractivity contribution in [3.05, 3.63) is 64.7 Å². The third kappa shape index (κ3) is 3.51. The Morgan fingerprint density at radius 1 is 0.630 bits per heavy atom. The zero-order valence-electron chi connectivity index (χ0n) is 16.6. The van der Waals surface area contributed by atoms with Gasteiger partial charge in [0.15, 0.2) is 0 Å². The van der Waals surface area contributed by atoms with Crippen LogP contribution in [0.2, 0.25) is 0 Å². The normalized spacial score (nSPS) is 21.1. The van der Waals surface area contributed by atoms with Gasteiger partial charge in [-0.3, -0.25) is 0 Å². The van der Waals surface area contributed by atoms with E-state index in [2.05, 4.69) is 48.5 Å². The molecule has 0 heteroatoms. The number of rotatable bonds is 3. The van der Waals surface area contributed by atoms with E-state index >= 15 is 0 Å². The van der Waals surface area contributed by atoms with Crippen molar-refractivity contribution in [3.63, 3.8) is 0 Å². The van der Waals surface area contributed by atoms with Crippen molar-refractivity contribution in [3.8, 4) is 11.1 Å². The Kier molecular flexibility index (Phi) is 4.91. The number of hydrogen-bond donors (Lipinski definition) is 0. The third-order valence-corrected chi connectivity index (χ3v) is 7.35. The van der Waals surface area contributed by atoms with Gasteiger partial charge in [0.2, 0.25) is 0 Å². The predicted molar refractivity (Wildman–Crippen MR) is 116 cm³/mol. The van der Waals surface area contributed by atoms with Gasteiger partial charge in [-0.15, -0.1) is 0 Å². The molecule has 3 aliphatic carbocycles. The highest BCUT2D eigenvalue weighted by Crippen LogP contribution is 2.41. The van der Waals surface area contributed by atoms with Crippen LogP contribution < -0.4 is 0 Å². The molecule has 0 amide bonds. The van der Waals surface area contributed by atoms with E-state index in [0.29, 0.717) is 0 Å². The van der Waals surface area contributed by atoms with Crippen LogP contribution in [0.1, 0.15) is 86.8 Å². The summed E-state index contributed by atoms with van der Waals surface area (Å²) in [5, 5.41) is 0. The average Bonchev–Trinajstić information content (AvgIpc) is 3.20. The van der Waals surface area contributed by atoms with Crippen LogP contribution in [0, 0.1) is 5.92 Å². The summed E-state index contributed by atoms with van der Waals surface area (Å²) in [5.41, 5.74) is 9.15. The van der Waals surface area contributed by atoms with E-state index in [0.717, 1.165) is 11.8 Å². The Morgan fingerprint density at radius 2 is 1.30 bits per heavy atom. The third-order valence-electron chi connectivity index (χ3n) is 7.35. The lowest BCUT2D eigenvalue weighted by molar-refractivity contribution is 0.401. The van der Waals surface area contributed by atoms with Crippen molar-refractivity contribution in [2.24, 2.45) is 5.92 Å². The van der Waals surface area contributed by atoms with Crippen molar-refractivity contribution in [2.75, 3.05) is 0 Å². The van der Waals surface area contributed by atoms with Gasteiger partial charge in [0.05, 0.1) is 0 Å². The molecule has 0 nitrogen and oxygen atoms in total. The first-order valence-corrected chi connectivity index (χ1v) is 11.3. The van der Waals surface area contributed by atoms with Crippen molar-refractivity contribution in [1.29, 1.82) is 0 Å². The molecule has 2 aromatic carbocycles. The molecule has 0 aliphatic heterocycles. The van der Waals surface area contributed by atoms with Crippen molar-refractivity contribution in [2.45, 2.75) is 76.5 Å². The number of allylic oxidation sites excluding steroid dienone is 1. The van der Waals surface area contributed by atoms with Crippen molar-refractivity contribution >= 4 is 6.08 Å². The molecule has 0 N–H and O–H groups in total. The van der Waals surface area contributed by atoms with Crippen LogP contribution in [-0.2, 0) is 6.42 Å². The number of fused-ring (bicyclic) bond motifs is 1. The van der Waals surface area contributed by atoms with E-state index in [-0.39, 0.29) is 0 Å². The molecule has 0 atom stereocenters. The van der Waals surface area contributed by atoms with Crippen LogP contribution in [0.4, 0.5) is 0 Å². The predicted octanol–water partition coefficient (Wildman–Crippen LogP) is 7.92. The second kappa shape index (κ2) is 7.66. The summed E-state index contributed by atoms with van der Waals surface area (Å²) in [4.78, 5) is 0. The van der Waals surface area contributed by atoms with E-state index in [4.69, 9.17) is 0 Å². The fourth-order valence-electron chi connectivity index (χ4n) is 5.75. The maximum Gasteiger partial charge on any atom is -0.00548 e. The molecule has 0 radical (unpaired) electrons. The van der Waals surface area contributed by atoms with E-state index < -0.39 is 0 Å². The minimum absolute atomic E-state index is 0.798. The Morgan fingerprint density at radius 3 is 2.00 bits per heavy atom. The summed E-state index contributed by atoms with van der Waals surface area (Å²) >= 11 is 0. The van der Waals surface area contributed by atoms with Gasteiger partial charge < -0.3 is 0 Å². The summed E-state index contributed by atoms with van der Waals surface area (Å²) in [5.74, 6) is 1.64. The summed E-state index contributed by atoms with van der Waals surface area (Å²) in [6.07, 6.45) is 17.9. The van der Waals surface area contributed by atoms with Crippen LogP contribution in [-0.4, -0.2) is 0 Å². The molecule has 5 rings (SSSR count). The first-order valence-electron chi connectivity index (χ1n) is 11.3. The lowest BCUT2D eigenvalue weighted by Gasteiger charge is -2.22. The molecule has 0 spiro atoms. The molecule has 0 heterocycles. The zero-order valence-corrected chi connectivity index (χ0v) is 16.6. The quantitative estimate of drug-likeness (QED) is 0.524. The van der Waals surface area contributed by atoms with E-state index in [9.17, 15) is 0 Å². The Hall–Kier alpha value is -1.82. The van der Waals surface area contributed by atoms with Gasteiger partial charge in [0, 0.05) is 0 Å². The molecule has 3 aliphatic rings. The average molecular weight is 357 g/mol. The van der Waals surface area contributed by atoms with Gasteiger partial charge in [0.25, 0.3) is 0 Å². The molecule has 0 aromatic heterocycles. The van der Waals surface area contributed by atoms with Crippen molar-refractivity contribution < 1.29 is 0 Å². The highest BCUT2D eigenvalue weighted by atomic mass is 14.3. The summed E-state index contributed by atoms with van der Waals surface area (Å²) in [6, 6.07) is 16.5. The minimum Gasteiger partial charge on any atom is -0.0621 e. The number of hydrogen-bond acceptors (Lipinski definition) is 0. The van der Waals surface area contributed by atoms with Crippen LogP contribution in [0.25, 0.3) is 17.2 Å². The summed E-state index contributed by atoms with van der Waals surface area (Å²) < 4.78 is 0.